The maximum atomic E-state index is 13.3. The number of carbonyl (C=O) groups is 1. The Balaban J connectivity index is 1.25. The van der Waals surface area contributed by atoms with Gasteiger partial charge < -0.3 is 5.32 Å². The minimum Gasteiger partial charge on any atom is -0.352 e. The van der Waals surface area contributed by atoms with Crippen LogP contribution in [0.4, 0.5) is 4.39 Å². The molecule has 1 aliphatic heterocycles. The second kappa shape index (κ2) is 10.2. The van der Waals surface area contributed by atoms with Crippen molar-refractivity contribution in [1.29, 1.82) is 0 Å². The van der Waals surface area contributed by atoms with Crippen molar-refractivity contribution in [3.8, 4) is 5.69 Å². The molecule has 3 heterocycles. The highest BCUT2D eigenvalue weighted by atomic mass is 19.1. The summed E-state index contributed by atoms with van der Waals surface area (Å²) < 4.78 is 15.0. The highest BCUT2D eigenvalue weighted by Crippen LogP contribution is 2.25. The van der Waals surface area contributed by atoms with Crippen LogP contribution in [0.2, 0.25) is 0 Å². The molecule has 4 aromatic rings. The number of fused-ring (bicyclic) bond motifs is 1. The molecule has 5 rings (SSSR count). The Labute approximate surface area is 211 Å². The van der Waals surface area contributed by atoms with Gasteiger partial charge in [0.25, 0.3) is 5.91 Å². The van der Waals surface area contributed by atoms with Crippen LogP contribution in [-0.4, -0.2) is 45.2 Å². The Morgan fingerprint density at radius 1 is 1.03 bits per heavy atom. The van der Waals surface area contributed by atoms with Crippen LogP contribution >= 0.6 is 0 Å². The van der Waals surface area contributed by atoms with Gasteiger partial charge in [0.1, 0.15) is 5.82 Å². The molecule has 1 saturated heterocycles. The monoisotopic (exact) mass is 485 g/mol. The minimum absolute atomic E-state index is 0.0780. The summed E-state index contributed by atoms with van der Waals surface area (Å²) in [5.41, 5.74) is 6.14. The number of likely N-dealkylation sites (tertiary alicyclic amines) is 1. The number of rotatable bonds is 6. The number of nitrogens with zero attached hydrogens (tertiary/aromatic N) is 4. The van der Waals surface area contributed by atoms with E-state index in [0.717, 1.165) is 60.5 Å². The normalized spacial score (nSPS) is 14.9. The van der Waals surface area contributed by atoms with E-state index in [1.807, 2.05) is 61.0 Å². The lowest BCUT2D eigenvalue weighted by molar-refractivity contribution is 0.0936. The zero-order chi connectivity index (χ0) is 25.2. The van der Waals surface area contributed by atoms with E-state index in [4.69, 9.17) is 10.1 Å². The first-order valence-electron chi connectivity index (χ1n) is 12.6. The van der Waals surface area contributed by atoms with Crippen LogP contribution < -0.4 is 5.32 Å². The predicted molar refractivity (Wildman–Crippen MR) is 140 cm³/mol. The molecule has 0 spiro atoms. The lowest BCUT2D eigenvalue weighted by Gasteiger charge is -2.32. The third-order valence-corrected chi connectivity index (χ3v) is 7.04. The van der Waals surface area contributed by atoms with E-state index in [1.54, 1.807) is 0 Å². The summed E-state index contributed by atoms with van der Waals surface area (Å²) in [6.45, 7) is 9.32. The summed E-state index contributed by atoms with van der Waals surface area (Å²) >= 11 is 0. The summed E-state index contributed by atoms with van der Waals surface area (Å²) in [5.74, 6) is 0.159. The number of hydrogen-bond acceptors (Lipinski definition) is 4. The molecule has 36 heavy (non-hydrogen) atoms. The predicted octanol–water partition coefficient (Wildman–Crippen LogP) is 5.13. The number of piperidine rings is 1. The van der Waals surface area contributed by atoms with Gasteiger partial charge in [0, 0.05) is 18.8 Å². The molecule has 1 amide bonds. The average molecular weight is 486 g/mol. The van der Waals surface area contributed by atoms with Crippen molar-refractivity contribution in [3.05, 3.63) is 88.5 Å². The van der Waals surface area contributed by atoms with Gasteiger partial charge in [0.2, 0.25) is 0 Å². The van der Waals surface area contributed by atoms with Gasteiger partial charge in [0.05, 0.1) is 22.3 Å². The number of benzene rings is 2. The van der Waals surface area contributed by atoms with Crippen molar-refractivity contribution >= 4 is 16.9 Å². The Morgan fingerprint density at radius 2 is 1.72 bits per heavy atom. The van der Waals surface area contributed by atoms with Crippen LogP contribution in [0, 0.1) is 32.5 Å². The molecular weight excluding hydrogens is 453 g/mol. The number of nitrogens with one attached hydrogen (secondary N) is 1. The topological polar surface area (TPSA) is 63.1 Å². The molecule has 6 nitrogen and oxygen atoms in total. The number of hydrogen-bond donors (Lipinski definition) is 1. The van der Waals surface area contributed by atoms with Crippen molar-refractivity contribution in [2.45, 2.75) is 40.2 Å². The van der Waals surface area contributed by atoms with Gasteiger partial charge >= 0.3 is 0 Å². The largest absolute Gasteiger partial charge is 0.352 e. The fraction of sp³-hybridized carbons (Fsp3) is 0.345. The highest BCUT2D eigenvalue weighted by molar-refractivity contribution is 6.06. The first-order valence-corrected chi connectivity index (χ1v) is 12.6. The molecule has 7 heteroatoms. The van der Waals surface area contributed by atoms with E-state index in [-0.39, 0.29) is 11.7 Å². The number of halogens is 1. The van der Waals surface area contributed by atoms with Gasteiger partial charge in [-0.2, -0.15) is 5.10 Å². The van der Waals surface area contributed by atoms with E-state index < -0.39 is 0 Å². The molecule has 0 saturated carbocycles. The Kier molecular flexibility index (Phi) is 6.83. The molecule has 2 aromatic heterocycles. The van der Waals surface area contributed by atoms with Crippen LogP contribution in [0.15, 0.2) is 54.6 Å². The smallest absolute Gasteiger partial charge is 0.252 e. The van der Waals surface area contributed by atoms with Crippen LogP contribution in [0.25, 0.3) is 16.7 Å². The summed E-state index contributed by atoms with van der Waals surface area (Å²) in [6.07, 6.45) is 2.05. The molecule has 0 atom stereocenters. The fourth-order valence-electron chi connectivity index (χ4n) is 4.99. The number of amides is 1. The van der Waals surface area contributed by atoms with Crippen LogP contribution in [-0.2, 0) is 6.54 Å². The van der Waals surface area contributed by atoms with E-state index in [1.165, 1.54) is 17.7 Å². The van der Waals surface area contributed by atoms with Crippen molar-refractivity contribution in [2.75, 3.05) is 19.6 Å². The molecule has 0 radical (unpaired) electrons. The Hall–Kier alpha value is -3.58. The molecule has 186 valence electrons. The maximum absolute atomic E-state index is 13.3. The quantitative estimate of drug-likeness (QED) is 0.411. The number of aromatic nitrogens is 3. The third-order valence-electron chi connectivity index (χ3n) is 7.04. The zero-order valence-electron chi connectivity index (χ0n) is 21.1. The number of aryl methyl sites for hydroxylation is 3. The molecular formula is C29H32FN5O. The van der Waals surface area contributed by atoms with Gasteiger partial charge in [-0.3, -0.25) is 9.69 Å². The van der Waals surface area contributed by atoms with Crippen molar-refractivity contribution < 1.29 is 9.18 Å². The van der Waals surface area contributed by atoms with E-state index in [0.29, 0.717) is 23.7 Å². The van der Waals surface area contributed by atoms with Gasteiger partial charge in [-0.1, -0.05) is 29.8 Å². The Bertz CT molecular complexity index is 1370. The standard InChI is InChI=1S/C29H32FN5O/c1-19-4-10-25(11-5-19)35-28-27(21(3)33-35)26(16-20(2)32-28)29(36)31-17-22-12-14-34(15-13-22)18-23-6-8-24(30)9-7-23/h4-11,16,22H,12-15,17-18H2,1-3H3,(H,31,36). The first-order chi connectivity index (χ1) is 17.4. The summed E-state index contributed by atoms with van der Waals surface area (Å²) in [4.78, 5) is 20.4. The van der Waals surface area contributed by atoms with Crippen molar-refractivity contribution in [3.63, 3.8) is 0 Å². The van der Waals surface area contributed by atoms with Gasteiger partial charge in [-0.15, -0.1) is 0 Å². The van der Waals surface area contributed by atoms with Gasteiger partial charge in [-0.05, 0) is 88.5 Å². The summed E-state index contributed by atoms with van der Waals surface area (Å²) in [7, 11) is 0. The van der Waals surface area contributed by atoms with Crippen LogP contribution in [0.5, 0.6) is 0 Å². The number of pyridine rings is 1. The maximum Gasteiger partial charge on any atom is 0.252 e. The van der Waals surface area contributed by atoms with Crippen LogP contribution in [0.3, 0.4) is 0 Å². The Morgan fingerprint density at radius 3 is 2.42 bits per heavy atom. The third kappa shape index (κ3) is 5.16. The number of carbonyl (C=O) groups excluding carboxylic acids is 1. The van der Waals surface area contributed by atoms with E-state index in [2.05, 4.69) is 17.1 Å². The average Bonchev–Trinajstić information content (AvgIpc) is 3.20. The second-order valence-electron chi connectivity index (χ2n) is 9.90. The zero-order valence-corrected chi connectivity index (χ0v) is 21.1. The SMILES string of the molecule is Cc1ccc(-n2nc(C)c3c(C(=O)NCC4CCN(Cc5ccc(F)cc5)CC4)cc(C)nc32)cc1. The van der Waals surface area contributed by atoms with Crippen molar-refractivity contribution in [2.24, 2.45) is 5.92 Å². The summed E-state index contributed by atoms with van der Waals surface area (Å²) in [5, 5.41) is 8.70. The molecule has 2 aromatic carbocycles. The highest BCUT2D eigenvalue weighted by Gasteiger charge is 2.23. The first kappa shape index (κ1) is 24.1. The fourth-order valence-corrected chi connectivity index (χ4v) is 4.99. The van der Waals surface area contributed by atoms with Crippen LogP contribution in [0.1, 0.15) is 45.7 Å². The van der Waals surface area contributed by atoms with E-state index in [9.17, 15) is 9.18 Å². The van der Waals surface area contributed by atoms with Gasteiger partial charge in [0.15, 0.2) is 5.65 Å². The van der Waals surface area contributed by atoms with E-state index >= 15 is 0 Å². The second-order valence-corrected chi connectivity index (χ2v) is 9.90. The van der Waals surface area contributed by atoms with Crippen molar-refractivity contribution in [1.82, 2.24) is 25.0 Å². The summed E-state index contributed by atoms with van der Waals surface area (Å²) in [6, 6.07) is 16.7. The molecule has 0 bridgehead atoms. The molecule has 0 unspecified atom stereocenters. The van der Waals surface area contributed by atoms with Gasteiger partial charge in [-0.25, -0.2) is 14.1 Å². The minimum atomic E-state index is -0.201. The molecule has 1 N–H and O–H groups in total. The molecule has 0 aliphatic carbocycles. The molecule has 1 fully saturated rings. The molecule has 1 aliphatic rings. The lowest BCUT2D eigenvalue weighted by atomic mass is 9.96. The lowest BCUT2D eigenvalue weighted by Crippen LogP contribution is -2.38.